The van der Waals surface area contributed by atoms with E-state index < -0.39 is 0 Å². The molecule has 314 valence electrons. The number of nitrogens with zero attached hydrogens (tertiary/aromatic N) is 2. The third-order valence-corrected chi connectivity index (χ3v) is 13.6. The molecule has 2 aromatic heterocycles. The molecule has 0 saturated heterocycles. The molecular weight excluding hydrogens is 797 g/mol. The molecule has 0 radical (unpaired) electrons. The fourth-order valence-corrected chi connectivity index (χ4v) is 10.4. The Kier molecular flexibility index (Phi) is 9.99. The average molecular weight is 845 g/mol. The van der Waals surface area contributed by atoms with Gasteiger partial charge in [-0.15, -0.1) is 0 Å². The van der Waals surface area contributed by atoms with Gasteiger partial charge in [-0.1, -0.05) is 195 Å². The van der Waals surface area contributed by atoms with Crippen LogP contribution in [0.3, 0.4) is 0 Å². The molecule has 0 aliphatic rings. The number of fused-ring (bicyclic) bond motifs is 6. The summed E-state index contributed by atoms with van der Waals surface area (Å²) in [5.41, 5.74) is 20.8. The van der Waals surface area contributed by atoms with E-state index in [1.165, 1.54) is 123 Å². The molecule has 0 unspecified atom stereocenters. The van der Waals surface area contributed by atoms with Gasteiger partial charge in [0.2, 0.25) is 0 Å². The van der Waals surface area contributed by atoms with Crippen molar-refractivity contribution in [3.8, 4) is 67.0 Å². The Labute approximate surface area is 386 Å². The Morgan fingerprint density at radius 2 is 0.773 bits per heavy atom. The largest absolute Gasteiger partial charge is 0.309 e. The van der Waals surface area contributed by atoms with Crippen LogP contribution in [0.1, 0.15) is 25.3 Å². The van der Waals surface area contributed by atoms with Crippen LogP contribution >= 0.6 is 0 Å². The second kappa shape index (κ2) is 16.7. The van der Waals surface area contributed by atoms with Crippen molar-refractivity contribution in [3.05, 3.63) is 242 Å². The second-order valence-corrected chi connectivity index (χ2v) is 17.5. The molecule has 0 spiro atoms. The molecular formula is C64H48N2. The normalized spacial score (nSPS) is 11.6. The van der Waals surface area contributed by atoms with Crippen molar-refractivity contribution in [3.63, 3.8) is 0 Å². The topological polar surface area (TPSA) is 9.86 Å². The molecule has 0 aliphatic carbocycles. The van der Waals surface area contributed by atoms with Gasteiger partial charge in [-0.2, -0.15) is 0 Å². The van der Waals surface area contributed by atoms with Gasteiger partial charge in [0.15, 0.2) is 0 Å². The smallest absolute Gasteiger partial charge is 0.0546 e. The molecule has 0 saturated carbocycles. The quantitative estimate of drug-likeness (QED) is 0.130. The summed E-state index contributed by atoms with van der Waals surface area (Å²) in [5, 5.41) is 4.97. The van der Waals surface area contributed by atoms with Crippen LogP contribution in [0.15, 0.2) is 237 Å². The maximum atomic E-state index is 2.47. The van der Waals surface area contributed by atoms with Crippen LogP contribution in [0.5, 0.6) is 0 Å². The summed E-state index contributed by atoms with van der Waals surface area (Å²) in [5.74, 6) is 0. The predicted octanol–water partition coefficient (Wildman–Crippen LogP) is 17.6. The summed E-state index contributed by atoms with van der Waals surface area (Å²) in [6.07, 6.45) is 3.47. The molecule has 0 atom stereocenters. The Hall–Kier alpha value is -8.20. The maximum Gasteiger partial charge on any atom is 0.0546 e. The molecule has 12 rings (SSSR count). The monoisotopic (exact) mass is 844 g/mol. The van der Waals surface area contributed by atoms with Crippen molar-refractivity contribution >= 4 is 43.6 Å². The zero-order valence-corrected chi connectivity index (χ0v) is 37.0. The number of rotatable bonds is 10. The molecule has 10 aromatic carbocycles. The number of hydrogen-bond acceptors (Lipinski definition) is 0. The van der Waals surface area contributed by atoms with Crippen molar-refractivity contribution in [1.29, 1.82) is 0 Å². The van der Waals surface area contributed by atoms with Crippen molar-refractivity contribution in [2.45, 2.75) is 26.2 Å². The SMILES string of the molecule is CCCCc1ccccc1-c1ccccc1-c1ccc(-n2c3ccccc3c3cc(-c4ccc5c(c4)c4ccccc4n5-c4cc(-c5ccccc5)ccc4-c4ccccc4)ccc32)cc1. The van der Waals surface area contributed by atoms with Crippen molar-refractivity contribution in [2.75, 3.05) is 0 Å². The second-order valence-electron chi connectivity index (χ2n) is 17.5. The van der Waals surface area contributed by atoms with Gasteiger partial charge in [0.25, 0.3) is 0 Å². The summed E-state index contributed by atoms with van der Waals surface area (Å²) >= 11 is 0. The van der Waals surface area contributed by atoms with Crippen molar-refractivity contribution < 1.29 is 0 Å². The van der Waals surface area contributed by atoms with Crippen LogP contribution in [0.4, 0.5) is 0 Å². The lowest BCUT2D eigenvalue weighted by molar-refractivity contribution is 0.796. The summed E-state index contributed by atoms with van der Waals surface area (Å²) in [7, 11) is 0. The van der Waals surface area contributed by atoms with Crippen LogP contribution in [0.25, 0.3) is 111 Å². The fourth-order valence-electron chi connectivity index (χ4n) is 10.4. The Morgan fingerprint density at radius 1 is 0.303 bits per heavy atom. The summed E-state index contributed by atoms with van der Waals surface area (Å²) in [4.78, 5) is 0. The minimum Gasteiger partial charge on any atom is -0.309 e. The van der Waals surface area contributed by atoms with Gasteiger partial charge in [-0.25, -0.2) is 0 Å². The van der Waals surface area contributed by atoms with Crippen LogP contribution in [-0.4, -0.2) is 9.13 Å². The highest BCUT2D eigenvalue weighted by Gasteiger charge is 2.19. The van der Waals surface area contributed by atoms with E-state index in [2.05, 4.69) is 253 Å². The molecule has 0 fully saturated rings. The molecule has 2 heterocycles. The lowest BCUT2D eigenvalue weighted by Crippen LogP contribution is -1.98. The number of para-hydroxylation sites is 2. The predicted molar refractivity (Wildman–Crippen MR) is 281 cm³/mol. The lowest BCUT2D eigenvalue weighted by Gasteiger charge is -2.16. The van der Waals surface area contributed by atoms with Gasteiger partial charge in [-0.3, -0.25) is 0 Å². The standard InChI is InChI=1S/C64H48N2/c1-2-3-18-45-23-10-11-24-52(45)55-26-13-12-25-53(55)47-31-36-51(37-32-47)65-60-29-16-14-27-56(60)58-41-48(34-39-62(58)65)49-35-40-63-59(42-49)57-28-15-17-30-61(57)66(63)64-43-50(44-19-6-4-7-20-44)33-38-54(64)46-21-8-5-9-22-46/h4-17,19-43H,2-3,18H2,1H3. The van der Waals surface area contributed by atoms with Crippen LogP contribution in [-0.2, 0) is 6.42 Å². The van der Waals surface area contributed by atoms with Gasteiger partial charge in [0, 0.05) is 32.8 Å². The minimum absolute atomic E-state index is 1.09. The van der Waals surface area contributed by atoms with E-state index in [-0.39, 0.29) is 0 Å². The van der Waals surface area contributed by atoms with Gasteiger partial charge >= 0.3 is 0 Å². The van der Waals surface area contributed by atoms with E-state index in [1.54, 1.807) is 0 Å². The van der Waals surface area contributed by atoms with Gasteiger partial charge < -0.3 is 9.13 Å². The highest BCUT2D eigenvalue weighted by Crippen LogP contribution is 2.42. The first kappa shape index (κ1) is 39.4. The first-order chi connectivity index (χ1) is 32.7. The van der Waals surface area contributed by atoms with E-state index in [1.807, 2.05) is 0 Å². The number of aryl methyl sites for hydroxylation is 1. The zero-order chi connectivity index (χ0) is 44.0. The highest BCUT2D eigenvalue weighted by molar-refractivity contribution is 6.13. The van der Waals surface area contributed by atoms with Gasteiger partial charge in [0.05, 0.1) is 27.8 Å². The Bertz CT molecular complexity index is 3720. The van der Waals surface area contributed by atoms with Gasteiger partial charge in [-0.05, 0) is 123 Å². The molecule has 12 aromatic rings. The van der Waals surface area contributed by atoms with Crippen LogP contribution in [0, 0.1) is 0 Å². The molecule has 0 bridgehead atoms. The van der Waals surface area contributed by atoms with Crippen molar-refractivity contribution in [2.24, 2.45) is 0 Å². The first-order valence-corrected chi connectivity index (χ1v) is 23.3. The van der Waals surface area contributed by atoms with E-state index in [9.17, 15) is 0 Å². The van der Waals surface area contributed by atoms with E-state index in [0.717, 1.165) is 12.1 Å². The molecule has 0 N–H and O–H groups in total. The van der Waals surface area contributed by atoms with E-state index in [4.69, 9.17) is 0 Å². The first-order valence-electron chi connectivity index (χ1n) is 23.3. The fraction of sp³-hybridized carbons (Fsp3) is 0.0625. The summed E-state index contributed by atoms with van der Waals surface area (Å²) < 4.78 is 4.89. The molecule has 0 aliphatic heterocycles. The zero-order valence-electron chi connectivity index (χ0n) is 37.0. The molecule has 66 heavy (non-hydrogen) atoms. The number of aromatic nitrogens is 2. The molecule has 2 nitrogen and oxygen atoms in total. The van der Waals surface area contributed by atoms with E-state index in [0.29, 0.717) is 0 Å². The third-order valence-electron chi connectivity index (χ3n) is 13.6. The average Bonchev–Trinajstić information content (AvgIpc) is 3.90. The Balaban J connectivity index is 0.956. The summed E-state index contributed by atoms with van der Waals surface area (Å²) in [6.45, 7) is 2.27. The van der Waals surface area contributed by atoms with Crippen molar-refractivity contribution in [1.82, 2.24) is 9.13 Å². The van der Waals surface area contributed by atoms with E-state index >= 15 is 0 Å². The Morgan fingerprint density at radius 3 is 1.44 bits per heavy atom. The number of benzene rings is 10. The van der Waals surface area contributed by atoms with Crippen LogP contribution < -0.4 is 0 Å². The maximum absolute atomic E-state index is 2.47. The van der Waals surface area contributed by atoms with Gasteiger partial charge in [0.1, 0.15) is 0 Å². The molecule has 0 amide bonds. The number of unbranched alkanes of at least 4 members (excludes halogenated alkanes) is 1. The third kappa shape index (κ3) is 6.82. The molecule has 2 heteroatoms. The van der Waals surface area contributed by atoms with Crippen LogP contribution in [0.2, 0.25) is 0 Å². The summed E-state index contributed by atoms with van der Waals surface area (Å²) in [6, 6.07) is 87.1. The number of hydrogen-bond donors (Lipinski definition) is 0. The minimum atomic E-state index is 1.09. The highest BCUT2D eigenvalue weighted by atomic mass is 15.0. The lowest BCUT2D eigenvalue weighted by atomic mass is 9.90.